The van der Waals surface area contributed by atoms with E-state index in [1.807, 2.05) is 0 Å². The van der Waals surface area contributed by atoms with Gasteiger partial charge in [-0.15, -0.1) is 11.3 Å². The number of anilines is 1. The van der Waals surface area contributed by atoms with E-state index in [1.54, 1.807) is 18.2 Å². The van der Waals surface area contributed by atoms with Crippen LogP contribution in [0, 0.1) is 0 Å². The van der Waals surface area contributed by atoms with E-state index in [2.05, 4.69) is 4.98 Å². The molecular formula is C11H13N3O3S2. The molecule has 0 saturated carbocycles. The van der Waals surface area contributed by atoms with Gasteiger partial charge in [-0.2, -0.15) is 0 Å². The standard InChI is InChI=1S/C11H13N3O3S2/c1-14(2)10(15)6-19(16,17)11-13-8-4-3-7(12)5-9(8)18-11/h3-5H,6,12H2,1-2H3. The number of nitrogens with zero attached hydrogens (tertiary/aromatic N) is 2. The van der Waals surface area contributed by atoms with Gasteiger partial charge in [0.15, 0.2) is 0 Å². The highest BCUT2D eigenvalue weighted by atomic mass is 32.2. The number of thiazole rings is 1. The molecule has 0 spiro atoms. The van der Waals surface area contributed by atoms with Crippen molar-refractivity contribution in [3.8, 4) is 0 Å². The lowest BCUT2D eigenvalue weighted by Gasteiger charge is -2.08. The molecule has 2 aromatic rings. The quantitative estimate of drug-likeness (QED) is 0.844. The lowest BCUT2D eigenvalue weighted by Crippen LogP contribution is -2.29. The van der Waals surface area contributed by atoms with Gasteiger partial charge in [-0.05, 0) is 18.2 Å². The molecule has 19 heavy (non-hydrogen) atoms. The Kier molecular flexibility index (Phi) is 3.46. The summed E-state index contributed by atoms with van der Waals surface area (Å²) >= 11 is 1.02. The molecule has 2 rings (SSSR count). The Hall–Kier alpha value is -1.67. The number of fused-ring (bicyclic) bond motifs is 1. The lowest BCUT2D eigenvalue weighted by atomic mass is 10.3. The molecule has 0 fully saturated rings. The molecule has 0 aliphatic rings. The number of nitrogens with two attached hydrogens (primary N) is 1. The van der Waals surface area contributed by atoms with Gasteiger partial charge in [0.05, 0.1) is 10.2 Å². The Morgan fingerprint density at radius 1 is 1.42 bits per heavy atom. The zero-order chi connectivity index (χ0) is 14.2. The molecule has 1 amide bonds. The van der Waals surface area contributed by atoms with E-state index in [-0.39, 0.29) is 4.34 Å². The van der Waals surface area contributed by atoms with Gasteiger partial charge < -0.3 is 10.6 Å². The van der Waals surface area contributed by atoms with Crippen LogP contribution >= 0.6 is 11.3 Å². The van der Waals surface area contributed by atoms with Crippen LogP contribution in [0.1, 0.15) is 0 Å². The zero-order valence-electron chi connectivity index (χ0n) is 10.5. The van der Waals surface area contributed by atoms with Gasteiger partial charge in [-0.3, -0.25) is 4.79 Å². The Morgan fingerprint density at radius 3 is 2.74 bits per heavy atom. The number of hydrogen-bond donors (Lipinski definition) is 1. The van der Waals surface area contributed by atoms with Crippen molar-refractivity contribution in [2.45, 2.75) is 4.34 Å². The van der Waals surface area contributed by atoms with E-state index >= 15 is 0 Å². The van der Waals surface area contributed by atoms with Gasteiger partial charge in [0, 0.05) is 19.8 Å². The number of sulfone groups is 1. The molecule has 0 aliphatic heterocycles. The number of carbonyl (C=O) groups is 1. The van der Waals surface area contributed by atoms with Crippen molar-refractivity contribution in [1.29, 1.82) is 0 Å². The number of rotatable bonds is 3. The molecule has 1 aromatic carbocycles. The van der Waals surface area contributed by atoms with Crippen LogP contribution in [0.4, 0.5) is 5.69 Å². The van der Waals surface area contributed by atoms with Crippen LogP contribution in [-0.4, -0.2) is 44.1 Å². The second-order valence-corrected chi connectivity index (χ2v) is 7.45. The lowest BCUT2D eigenvalue weighted by molar-refractivity contribution is -0.125. The maximum absolute atomic E-state index is 12.1. The highest BCUT2D eigenvalue weighted by molar-refractivity contribution is 7.94. The summed E-state index contributed by atoms with van der Waals surface area (Å²) in [6, 6.07) is 4.98. The number of benzene rings is 1. The van der Waals surface area contributed by atoms with Crippen LogP contribution in [0.3, 0.4) is 0 Å². The summed E-state index contributed by atoms with van der Waals surface area (Å²) in [6.07, 6.45) is 0. The largest absolute Gasteiger partial charge is 0.399 e. The summed E-state index contributed by atoms with van der Waals surface area (Å²) < 4.78 is 24.8. The molecule has 6 nitrogen and oxygen atoms in total. The molecule has 0 aliphatic carbocycles. The fraction of sp³-hybridized carbons (Fsp3) is 0.273. The SMILES string of the molecule is CN(C)C(=O)CS(=O)(=O)c1nc2ccc(N)cc2s1. The van der Waals surface area contributed by atoms with Crippen LogP contribution in [0.15, 0.2) is 22.5 Å². The summed E-state index contributed by atoms with van der Waals surface area (Å²) in [7, 11) is -0.682. The first-order valence-electron chi connectivity index (χ1n) is 5.38. The Balaban J connectivity index is 2.40. The van der Waals surface area contributed by atoms with E-state index < -0.39 is 21.5 Å². The number of carbonyl (C=O) groups excluding carboxylic acids is 1. The topological polar surface area (TPSA) is 93.4 Å². The van der Waals surface area contributed by atoms with Crippen molar-refractivity contribution in [1.82, 2.24) is 9.88 Å². The van der Waals surface area contributed by atoms with Crippen LogP contribution < -0.4 is 5.73 Å². The first kappa shape index (κ1) is 13.8. The summed E-state index contributed by atoms with van der Waals surface area (Å²) in [4.78, 5) is 16.8. The summed E-state index contributed by atoms with van der Waals surface area (Å²) in [5.74, 6) is -1.05. The average molecular weight is 299 g/mol. The third kappa shape index (κ3) is 2.85. The van der Waals surface area contributed by atoms with E-state index in [4.69, 9.17) is 5.73 Å². The highest BCUT2D eigenvalue weighted by Gasteiger charge is 2.24. The molecule has 1 aromatic heterocycles. The average Bonchev–Trinajstić information content (AvgIpc) is 2.71. The van der Waals surface area contributed by atoms with Gasteiger partial charge in [0.25, 0.3) is 0 Å². The second kappa shape index (κ2) is 4.78. The van der Waals surface area contributed by atoms with Crippen LogP contribution in [0.2, 0.25) is 0 Å². The molecule has 0 atom stereocenters. The third-order valence-corrected chi connectivity index (χ3v) is 5.55. The van der Waals surface area contributed by atoms with Gasteiger partial charge in [-0.1, -0.05) is 0 Å². The van der Waals surface area contributed by atoms with Crippen LogP contribution in [0.5, 0.6) is 0 Å². The van der Waals surface area contributed by atoms with Crippen molar-refractivity contribution in [2.24, 2.45) is 0 Å². The zero-order valence-corrected chi connectivity index (χ0v) is 12.1. The number of hydrogen-bond acceptors (Lipinski definition) is 6. The van der Waals surface area contributed by atoms with Crippen molar-refractivity contribution < 1.29 is 13.2 Å². The van der Waals surface area contributed by atoms with Crippen LogP contribution in [0.25, 0.3) is 10.2 Å². The fourth-order valence-electron chi connectivity index (χ4n) is 1.41. The number of nitrogen functional groups attached to an aromatic ring is 1. The van der Waals surface area contributed by atoms with E-state index in [0.29, 0.717) is 15.9 Å². The molecule has 2 N–H and O–H groups in total. The van der Waals surface area contributed by atoms with Gasteiger partial charge in [-0.25, -0.2) is 13.4 Å². The summed E-state index contributed by atoms with van der Waals surface area (Å²) in [6.45, 7) is 0. The van der Waals surface area contributed by atoms with E-state index in [0.717, 1.165) is 11.3 Å². The summed E-state index contributed by atoms with van der Waals surface area (Å²) in [5.41, 5.74) is 6.74. The van der Waals surface area contributed by atoms with E-state index in [9.17, 15) is 13.2 Å². The minimum atomic E-state index is -3.70. The Labute approximate surface area is 114 Å². The van der Waals surface area contributed by atoms with Gasteiger partial charge in [0.1, 0.15) is 5.75 Å². The number of amides is 1. The van der Waals surface area contributed by atoms with Crippen molar-refractivity contribution in [2.75, 3.05) is 25.6 Å². The minimum Gasteiger partial charge on any atom is -0.399 e. The van der Waals surface area contributed by atoms with E-state index in [1.165, 1.54) is 19.0 Å². The van der Waals surface area contributed by atoms with Crippen LogP contribution in [-0.2, 0) is 14.6 Å². The maximum atomic E-state index is 12.1. The smallest absolute Gasteiger partial charge is 0.237 e. The maximum Gasteiger partial charge on any atom is 0.237 e. The highest BCUT2D eigenvalue weighted by Crippen LogP contribution is 2.27. The van der Waals surface area contributed by atoms with Crippen molar-refractivity contribution >= 4 is 43.0 Å². The number of aromatic nitrogens is 1. The first-order chi connectivity index (χ1) is 8.79. The molecule has 1 heterocycles. The molecule has 102 valence electrons. The Bertz CT molecular complexity index is 735. The van der Waals surface area contributed by atoms with Crippen molar-refractivity contribution in [3.63, 3.8) is 0 Å². The second-order valence-electron chi connectivity index (χ2n) is 4.25. The predicted octanol–water partition coefficient (Wildman–Crippen LogP) is 0.740. The van der Waals surface area contributed by atoms with Gasteiger partial charge in [0.2, 0.25) is 20.1 Å². The van der Waals surface area contributed by atoms with Gasteiger partial charge >= 0.3 is 0 Å². The molecule has 0 unspecified atom stereocenters. The molecule has 8 heteroatoms. The summed E-state index contributed by atoms with van der Waals surface area (Å²) in [5, 5.41) is 0. The normalized spacial score (nSPS) is 11.7. The van der Waals surface area contributed by atoms with Crippen molar-refractivity contribution in [3.05, 3.63) is 18.2 Å². The first-order valence-corrected chi connectivity index (χ1v) is 7.85. The third-order valence-electron chi connectivity index (χ3n) is 2.47. The predicted molar refractivity (Wildman–Crippen MR) is 74.8 cm³/mol. The molecular weight excluding hydrogens is 286 g/mol. The Morgan fingerprint density at radius 2 is 2.11 bits per heavy atom. The molecule has 0 bridgehead atoms. The molecule has 0 saturated heterocycles. The fourth-order valence-corrected chi connectivity index (χ4v) is 4.05. The molecule has 0 radical (unpaired) electrons. The monoisotopic (exact) mass is 299 g/mol. The minimum absolute atomic E-state index is 0.0525.